The van der Waals surface area contributed by atoms with Crippen LogP contribution >= 0.6 is 11.3 Å². The Balaban J connectivity index is 1.60. The number of methoxy groups -OCH3 is 1. The minimum atomic E-state index is -4.96. The van der Waals surface area contributed by atoms with Gasteiger partial charge in [-0.15, -0.1) is 24.5 Å². The summed E-state index contributed by atoms with van der Waals surface area (Å²) < 4.78 is 93.9. The highest BCUT2D eigenvalue weighted by molar-refractivity contribution is 7.21. The number of hydrogen-bond donors (Lipinski definition) is 1. The normalized spacial score (nSPS) is 12.1. The van der Waals surface area contributed by atoms with Crippen molar-refractivity contribution in [2.24, 2.45) is 0 Å². The lowest BCUT2D eigenvalue weighted by atomic mass is 10.0. The molecule has 5 aromatic rings. The quantitative estimate of drug-likeness (QED) is 0.164. The van der Waals surface area contributed by atoms with E-state index in [1.165, 1.54) is 31.4 Å². The van der Waals surface area contributed by atoms with Crippen molar-refractivity contribution in [2.75, 3.05) is 12.8 Å². The number of pyridine rings is 1. The van der Waals surface area contributed by atoms with Crippen molar-refractivity contribution in [3.63, 3.8) is 0 Å². The first kappa shape index (κ1) is 27.7. The van der Waals surface area contributed by atoms with Crippen molar-refractivity contribution in [3.8, 4) is 34.4 Å². The molecule has 0 spiro atoms. The smallest absolute Gasteiger partial charge is 0.539 e. The Morgan fingerprint density at radius 3 is 2.24 bits per heavy atom. The Morgan fingerprint density at radius 1 is 1.02 bits per heavy atom. The van der Waals surface area contributed by atoms with E-state index in [0.29, 0.717) is 27.3 Å². The molecule has 16 heteroatoms. The van der Waals surface area contributed by atoms with Crippen molar-refractivity contribution in [3.05, 3.63) is 70.7 Å². The molecular weight excluding hydrogens is 582 g/mol. The zero-order valence-corrected chi connectivity index (χ0v) is 21.1. The number of benzene rings is 2. The van der Waals surface area contributed by atoms with Crippen molar-refractivity contribution in [1.29, 1.82) is 0 Å². The maximum atomic E-state index is 14.1. The maximum Gasteiger partial charge on any atom is 0.573 e. The van der Waals surface area contributed by atoms with Gasteiger partial charge in [-0.3, -0.25) is 4.79 Å². The zero-order chi connectivity index (χ0) is 29.7. The highest BCUT2D eigenvalue weighted by atomic mass is 32.1. The van der Waals surface area contributed by atoms with Gasteiger partial charge in [0.15, 0.2) is 5.95 Å². The first-order chi connectivity index (χ1) is 19.3. The number of nitrogens with two attached hydrogens (primary N) is 1. The van der Waals surface area contributed by atoms with Crippen LogP contribution in [-0.4, -0.2) is 29.5 Å². The van der Waals surface area contributed by atoms with Crippen LogP contribution in [0.1, 0.15) is 20.9 Å². The number of ether oxygens (including phenoxy) is 2. The Labute approximate surface area is 228 Å². The second kappa shape index (κ2) is 9.96. The Hall–Kier alpha value is -4.86. The third-order valence-corrected chi connectivity index (χ3v) is 6.84. The number of carbonyl (C=O) groups excluding carboxylic acids is 1. The molecule has 3 aromatic heterocycles. The van der Waals surface area contributed by atoms with Gasteiger partial charge >= 0.3 is 18.2 Å². The number of nitrogens with zero attached hydrogens (tertiary/aromatic N) is 3. The van der Waals surface area contributed by atoms with E-state index in [-0.39, 0.29) is 16.2 Å². The summed E-state index contributed by atoms with van der Waals surface area (Å²) in [5.41, 5.74) is 3.75. The first-order valence-corrected chi connectivity index (χ1v) is 12.0. The molecule has 0 radical (unpaired) electrons. The number of ketones is 1. The van der Waals surface area contributed by atoms with Crippen LogP contribution in [0.15, 0.2) is 59.1 Å². The lowest BCUT2D eigenvalue weighted by molar-refractivity contribution is -0.672. The molecule has 0 fully saturated rings. The van der Waals surface area contributed by atoms with Crippen molar-refractivity contribution >= 4 is 33.0 Å². The molecule has 2 aromatic carbocycles. The Morgan fingerprint density at radius 2 is 1.66 bits per heavy atom. The van der Waals surface area contributed by atoms with E-state index in [2.05, 4.69) is 19.5 Å². The fourth-order valence-corrected chi connectivity index (χ4v) is 4.99. The zero-order valence-electron chi connectivity index (χ0n) is 20.3. The lowest BCUT2D eigenvalue weighted by Gasteiger charge is -2.11. The minimum Gasteiger partial charge on any atom is -0.539 e. The summed E-state index contributed by atoms with van der Waals surface area (Å²) in [5, 5.41) is 15.4. The van der Waals surface area contributed by atoms with Crippen molar-refractivity contribution < 1.29 is 54.9 Å². The molecule has 9 nitrogen and oxygen atoms in total. The summed E-state index contributed by atoms with van der Waals surface area (Å²) >= 11 is 0.521. The van der Waals surface area contributed by atoms with Gasteiger partial charge in [-0.05, 0) is 47.1 Å². The van der Waals surface area contributed by atoms with Crippen LogP contribution < -0.4 is 25.0 Å². The summed E-state index contributed by atoms with van der Waals surface area (Å²) in [4.78, 5) is 17.1. The number of hydrogen-bond acceptors (Lipinski definition) is 9. The van der Waals surface area contributed by atoms with Crippen LogP contribution in [0.25, 0.3) is 27.2 Å². The van der Waals surface area contributed by atoms with Crippen LogP contribution in [0.5, 0.6) is 17.4 Å². The van der Waals surface area contributed by atoms with Crippen LogP contribution in [0.4, 0.5) is 32.0 Å². The van der Waals surface area contributed by atoms with E-state index in [1.54, 1.807) is 0 Å². The number of alkyl halides is 6. The van der Waals surface area contributed by atoms with E-state index in [1.807, 2.05) is 0 Å². The maximum absolute atomic E-state index is 14.1. The molecular formula is C25H14F6N4O5S. The molecule has 0 atom stereocenters. The molecule has 0 aliphatic rings. The third kappa shape index (κ3) is 5.32. The van der Waals surface area contributed by atoms with Gasteiger partial charge in [-0.2, -0.15) is 13.2 Å². The number of carbonyl (C=O) groups is 1. The highest BCUT2D eigenvalue weighted by Crippen LogP contribution is 2.44. The van der Waals surface area contributed by atoms with Crippen LogP contribution in [0.3, 0.4) is 0 Å². The van der Waals surface area contributed by atoms with Gasteiger partial charge in [0, 0.05) is 23.1 Å². The number of aromatic nitrogens is 3. The molecule has 3 heterocycles. The second-order valence-corrected chi connectivity index (χ2v) is 9.30. The van der Waals surface area contributed by atoms with E-state index in [0.717, 1.165) is 30.3 Å². The number of fused-ring (bicyclic) bond motifs is 1. The monoisotopic (exact) mass is 596 g/mol. The number of halogens is 6. The van der Waals surface area contributed by atoms with Crippen LogP contribution in [0, 0.1) is 0 Å². The molecule has 0 unspecified atom stereocenters. The SMILES string of the molecule is COc1ccc(-c2cc(C(F)(F)F)c3c(N)c(C(=O)c4c([O-])on[n+]4-c4ccc(OC(F)(F)F)cc4)sc3n2)cc1. The van der Waals surface area contributed by atoms with Gasteiger partial charge in [0.1, 0.15) is 21.2 Å². The van der Waals surface area contributed by atoms with Gasteiger partial charge in [-0.1, -0.05) is 0 Å². The number of thiophene rings is 1. The summed E-state index contributed by atoms with van der Waals surface area (Å²) in [6, 6.07) is 10.8. The van der Waals surface area contributed by atoms with Gasteiger partial charge < -0.3 is 24.8 Å². The molecule has 0 saturated heterocycles. The fraction of sp³-hybridized carbons (Fsp3) is 0.120. The van der Waals surface area contributed by atoms with E-state index in [9.17, 15) is 36.2 Å². The molecule has 5 rings (SSSR count). The van der Waals surface area contributed by atoms with Gasteiger partial charge in [0.25, 0.3) is 5.78 Å². The van der Waals surface area contributed by atoms with Crippen molar-refractivity contribution in [1.82, 2.24) is 10.3 Å². The molecule has 212 valence electrons. The molecule has 0 aliphatic carbocycles. The fourth-order valence-electron chi connectivity index (χ4n) is 3.93. The number of anilines is 1. The molecule has 2 N–H and O–H groups in total. The summed E-state index contributed by atoms with van der Waals surface area (Å²) in [6.07, 6.45) is -9.85. The van der Waals surface area contributed by atoms with E-state index in [4.69, 9.17) is 10.5 Å². The Bertz CT molecular complexity index is 1760. The predicted octanol–water partition coefficient (Wildman–Crippen LogP) is 5.04. The van der Waals surface area contributed by atoms with Gasteiger partial charge in [0.2, 0.25) is 5.69 Å². The summed E-state index contributed by atoms with van der Waals surface area (Å²) in [5.74, 6) is -2.51. The molecule has 0 bridgehead atoms. The highest BCUT2D eigenvalue weighted by Gasteiger charge is 2.38. The van der Waals surface area contributed by atoms with Crippen LogP contribution in [-0.2, 0) is 6.18 Å². The number of nitrogen functional groups attached to an aromatic ring is 1. The molecule has 0 aliphatic heterocycles. The van der Waals surface area contributed by atoms with Crippen molar-refractivity contribution in [2.45, 2.75) is 12.5 Å². The Kier molecular flexibility index (Phi) is 6.73. The number of rotatable bonds is 6. The standard InChI is InChI=1S/C25H14F6N4O5S/c1-38-13-6-2-11(3-7-13)16-10-15(24(26,27)28)17-18(32)21(41-22(17)33-16)20(36)19-23(37)40-34-35(19)12-4-8-14(9-5-12)39-25(29,30)31/h2-10H,1H3,(H2-,32,34,36,37). The second-order valence-electron chi connectivity index (χ2n) is 8.30. The van der Waals surface area contributed by atoms with Gasteiger partial charge in [-0.25, -0.2) is 4.98 Å². The predicted molar refractivity (Wildman–Crippen MR) is 129 cm³/mol. The summed E-state index contributed by atoms with van der Waals surface area (Å²) in [7, 11) is 1.43. The average Bonchev–Trinajstić information content (AvgIpc) is 3.46. The van der Waals surface area contributed by atoms with E-state index >= 15 is 0 Å². The minimum absolute atomic E-state index is 0.0570. The molecule has 0 saturated carbocycles. The average molecular weight is 596 g/mol. The third-order valence-electron chi connectivity index (χ3n) is 5.74. The first-order valence-electron chi connectivity index (χ1n) is 11.2. The summed E-state index contributed by atoms with van der Waals surface area (Å²) in [6.45, 7) is 0. The largest absolute Gasteiger partial charge is 0.573 e. The van der Waals surface area contributed by atoms with E-state index < -0.39 is 57.2 Å². The lowest BCUT2D eigenvalue weighted by Crippen LogP contribution is -2.39. The van der Waals surface area contributed by atoms with Crippen LogP contribution in [0.2, 0.25) is 0 Å². The topological polar surface area (TPSA) is 127 Å². The molecule has 41 heavy (non-hydrogen) atoms. The van der Waals surface area contributed by atoms with Gasteiger partial charge in [0.05, 0.1) is 29.3 Å². The molecule has 0 amide bonds.